The Balaban J connectivity index is 3.62. The Hall–Kier alpha value is -2.54. The summed E-state index contributed by atoms with van der Waals surface area (Å²) < 4.78 is 24.6. The molecule has 0 aromatic heterocycles. The lowest BCUT2D eigenvalue weighted by Gasteiger charge is -2.40. The van der Waals surface area contributed by atoms with Crippen LogP contribution in [0.5, 0.6) is 11.5 Å². The average Bonchev–Trinajstić information content (AvgIpc) is 2.79. The van der Waals surface area contributed by atoms with Gasteiger partial charge in [0.1, 0.15) is 34.8 Å². The van der Waals surface area contributed by atoms with E-state index in [1.54, 1.807) is 41.5 Å². The lowest BCUT2D eigenvalue weighted by molar-refractivity contribution is -0.160. The Bertz CT molecular complexity index is 1220. The molecule has 2 atom stereocenters. The number of alkyl carbamates (subject to hydrolysis) is 1. The molecule has 1 aromatic carbocycles. The van der Waals surface area contributed by atoms with E-state index in [2.05, 4.69) is 78.4 Å². The number of carbonyl (C=O) groups excluding carboxylic acids is 3. The van der Waals surface area contributed by atoms with Gasteiger partial charge in [-0.3, -0.25) is 4.79 Å². The molecule has 0 aliphatic carbocycles. The lowest BCUT2D eigenvalue weighted by atomic mass is 10.0. The number of benzene rings is 1. The zero-order valence-corrected chi connectivity index (χ0v) is 34.0. The fourth-order valence-corrected chi connectivity index (χ4v) is 5.75. The first-order chi connectivity index (χ1) is 20.3. The number of amides is 2. The van der Waals surface area contributed by atoms with Gasteiger partial charge < -0.3 is 29.0 Å². The summed E-state index contributed by atoms with van der Waals surface area (Å²) in [5, 5.41) is 5.48. The molecule has 0 saturated heterocycles. The maximum absolute atomic E-state index is 13.8. The zero-order valence-electron chi connectivity index (χ0n) is 32.0. The van der Waals surface area contributed by atoms with Gasteiger partial charge in [-0.05, 0) is 101 Å². The van der Waals surface area contributed by atoms with Crippen LogP contribution in [0, 0.1) is 5.92 Å². The third kappa shape index (κ3) is 12.9. The van der Waals surface area contributed by atoms with Crippen molar-refractivity contribution in [2.45, 2.75) is 163 Å². The molecule has 1 aromatic rings. The van der Waals surface area contributed by atoms with E-state index in [9.17, 15) is 14.4 Å². The number of rotatable bonds is 11. The first-order valence-electron chi connectivity index (χ1n) is 16.4. The van der Waals surface area contributed by atoms with Crippen LogP contribution < -0.4 is 19.5 Å². The largest absolute Gasteiger partial charge is 0.541 e. The van der Waals surface area contributed by atoms with Crippen molar-refractivity contribution in [2.75, 3.05) is 0 Å². The highest BCUT2D eigenvalue weighted by Gasteiger charge is 2.42. The van der Waals surface area contributed by atoms with Crippen LogP contribution in [0.15, 0.2) is 18.2 Å². The molecule has 0 unspecified atom stereocenters. The predicted octanol–water partition coefficient (Wildman–Crippen LogP) is 8.37. The van der Waals surface area contributed by atoms with Gasteiger partial charge in [-0.1, -0.05) is 61.5 Å². The quantitative estimate of drug-likeness (QED) is 0.178. The Morgan fingerprint density at radius 1 is 0.696 bits per heavy atom. The van der Waals surface area contributed by atoms with Gasteiger partial charge in [-0.2, -0.15) is 0 Å². The first kappa shape index (κ1) is 41.5. The van der Waals surface area contributed by atoms with Gasteiger partial charge in [0.2, 0.25) is 5.91 Å². The van der Waals surface area contributed by atoms with Gasteiger partial charge in [0.25, 0.3) is 16.6 Å². The third-order valence-corrected chi connectivity index (χ3v) is 17.1. The van der Waals surface area contributed by atoms with E-state index in [0.29, 0.717) is 11.5 Å². The molecule has 0 bridgehead atoms. The fraction of sp³-hybridized carbons (Fsp3) is 0.743. The molecule has 0 aliphatic rings. The van der Waals surface area contributed by atoms with E-state index in [0.717, 1.165) is 5.56 Å². The molecule has 264 valence electrons. The first-order valence-corrected chi connectivity index (χ1v) is 22.2. The average molecular weight is 681 g/mol. The van der Waals surface area contributed by atoms with E-state index in [-0.39, 0.29) is 22.4 Å². The maximum Gasteiger partial charge on any atom is 0.408 e. The monoisotopic (exact) mass is 680 g/mol. The maximum atomic E-state index is 13.8. The molecule has 0 heterocycles. The van der Waals surface area contributed by atoms with Crippen LogP contribution in [0.1, 0.15) is 102 Å². The summed E-state index contributed by atoms with van der Waals surface area (Å²) >= 11 is 0. The van der Waals surface area contributed by atoms with Crippen LogP contribution in [-0.4, -0.2) is 57.9 Å². The second kappa shape index (κ2) is 14.7. The van der Waals surface area contributed by atoms with Gasteiger partial charge >= 0.3 is 12.1 Å². The molecule has 0 saturated carbocycles. The summed E-state index contributed by atoms with van der Waals surface area (Å²) in [6.07, 6.45) is -0.611. The highest BCUT2D eigenvalue weighted by Crippen LogP contribution is 2.44. The molecule has 2 amide bonds. The van der Waals surface area contributed by atoms with Crippen molar-refractivity contribution < 1.29 is 32.7 Å². The molecule has 9 nitrogen and oxygen atoms in total. The molecule has 0 spiro atoms. The summed E-state index contributed by atoms with van der Waals surface area (Å²) in [7, 11) is -4.50. The number of hydrogen-bond acceptors (Lipinski definition) is 7. The highest BCUT2D eigenvalue weighted by atomic mass is 28.4. The zero-order chi connectivity index (χ0) is 36.3. The van der Waals surface area contributed by atoms with E-state index in [1.165, 1.54) is 0 Å². The Morgan fingerprint density at radius 3 is 1.57 bits per heavy atom. The Labute approximate surface area is 281 Å². The van der Waals surface area contributed by atoms with Crippen LogP contribution in [0.25, 0.3) is 0 Å². The smallest absolute Gasteiger partial charge is 0.408 e. The number of ether oxygens (including phenoxy) is 2. The van der Waals surface area contributed by atoms with Crippen LogP contribution in [-0.2, 0) is 25.5 Å². The van der Waals surface area contributed by atoms with Crippen molar-refractivity contribution in [3.63, 3.8) is 0 Å². The summed E-state index contributed by atoms with van der Waals surface area (Å²) in [4.78, 5) is 39.8. The van der Waals surface area contributed by atoms with Crippen LogP contribution >= 0.6 is 0 Å². The highest BCUT2D eigenvalue weighted by molar-refractivity contribution is 6.75. The van der Waals surface area contributed by atoms with Crippen LogP contribution in [0.3, 0.4) is 0 Å². The molecular weight excluding hydrogens is 617 g/mol. The molecule has 1 rings (SSSR count). The summed E-state index contributed by atoms with van der Waals surface area (Å²) in [6, 6.07) is 3.75. The molecule has 46 heavy (non-hydrogen) atoms. The van der Waals surface area contributed by atoms with Gasteiger partial charge in [0.15, 0.2) is 0 Å². The minimum atomic E-state index is -2.29. The number of carbonyl (C=O) groups is 3. The second-order valence-electron chi connectivity index (χ2n) is 17.7. The molecule has 0 radical (unpaired) electrons. The van der Waals surface area contributed by atoms with Crippen LogP contribution in [0.2, 0.25) is 36.3 Å². The molecule has 11 heteroatoms. The topological polar surface area (TPSA) is 112 Å². The second-order valence-corrected chi connectivity index (χ2v) is 27.1. The van der Waals surface area contributed by atoms with Gasteiger partial charge in [0, 0.05) is 6.42 Å². The minimum absolute atomic E-state index is 0.0263. The van der Waals surface area contributed by atoms with Crippen molar-refractivity contribution in [3.8, 4) is 11.5 Å². The summed E-state index contributed by atoms with van der Waals surface area (Å²) in [5.41, 5.74) is -0.738. The summed E-state index contributed by atoms with van der Waals surface area (Å²) in [5.74, 6) is -0.0181. The lowest BCUT2D eigenvalue weighted by Crippen LogP contribution is -2.55. The van der Waals surface area contributed by atoms with Crippen molar-refractivity contribution in [3.05, 3.63) is 23.8 Å². The van der Waals surface area contributed by atoms with Crippen molar-refractivity contribution in [1.82, 2.24) is 10.6 Å². The SMILES string of the molecule is CC(C)[C@H](NC(=O)[C@H](Cc1ccc(O[Si](C)(C)C(C)(C)C)c(O[Si](C)(C)C(C)(C)C)c1)NC(=O)OC(C)(C)C)C(=O)OC(C)(C)C. The minimum Gasteiger partial charge on any atom is -0.541 e. The molecular formula is C35H64N2O7Si2. The molecule has 0 fully saturated rings. The van der Waals surface area contributed by atoms with E-state index >= 15 is 0 Å². The Morgan fingerprint density at radius 2 is 1.15 bits per heavy atom. The third-order valence-electron chi connectivity index (χ3n) is 8.42. The van der Waals surface area contributed by atoms with E-state index in [1.807, 2.05) is 32.0 Å². The number of nitrogens with one attached hydrogen (secondary N) is 2. The molecule has 0 aliphatic heterocycles. The summed E-state index contributed by atoms with van der Waals surface area (Å²) in [6.45, 7) is 36.1. The predicted molar refractivity (Wildman–Crippen MR) is 192 cm³/mol. The van der Waals surface area contributed by atoms with Crippen molar-refractivity contribution in [2.24, 2.45) is 5.92 Å². The standard InChI is InChI=1S/C35H64N2O7Si2/c1-23(2)28(30(39)41-32(3,4)5)37-29(38)25(36-31(40)42-33(6,7)8)21-24-19-20-26(43-45(15,16)34(9,10)11)27(22-24)44-46(17,18)35(12,13)14/h19-20,22-23,25,28H,21H2,1-18H3,(H,36,40)(H,37,38)/t25-,28-/m0/s1. The van der Waals surface area contributed by atoms with E-state index in [4.69, 9.17) is 18.3 Å². The Kier molecular flexibility index (Phi) is 13.3. The fourth-order valence-electron chi connectivity index (χ4n) is 3.71. The van der Waals surface area contributed by atoms with Gasteiger partial charge in [-0.25, -0.2) is 9.59 Å². The van der Waals surface area contributed by atoms with Crippen molar-refractivity contribution in [1.29, 1.82) is 0 Å². The van der Waals surface area contributed by atoms with Crippen molar-refractivity contribution >= 4 is 34.6 Å². The van der Waals surface area contributed by atoms with Crippen LogP contribution in [0.4, 0.5) is 4.79 Å². The molecule has 2 N–H and O–H groups in total. The van der Waals surface area contributed by atoms with Gasteiger partial charge in [-0.15, -0.1) is 0 Å². The van der Waals surface area contributed by atoms with E-state index < -0.39 is 57.9 Å². The number of hydrogen-bond donors (Lipinski definition) is 2. The van der Waals surface area contributed by atoms with Gasteiger partial charge in [0.05, 0.1) is 0 Å². The normalized spacial score (nSPS) is 14.7. The number of esters is 1.